The minimum Gasteiger partial charge on any atom is -0.461 e. The maximum atomic E-state index is 11.4. The minimum absolute atomic E-state index is 0.300. The van der Waals surface area contributed by atoms with Crippen molar-refractivity contribution in [1.82, 2.24) is 4.98 Å². The molecule has 0 bridgehead atoms. The quantitative estimate of drug-likeness (QED) is 0.762. The Kier molecular flexibility index (Phi) is 2.46. The second-order valence-corrected chi connectivity index (χ2v) is 3.49. The van der Waals surface area contributed by atoms with Gasteiger partial charge in [-0.1, -0.05) is 12.1 Å². The van der Waals surface area contributed by atoms with Crippen LogP contribution in [0.15, 0.2) is 24.3 Å². The Balaban J connectivity index is 2.42. The van der Waals surface area contributed by atoms with E-state index in [2.05, 4.69) is 4.98 Å². The Morgan fingerprint density at radius 2 is 2.20 bits per heavy atom. The Bertz CT molecular complexity index is 499. The zero-order valence-corrected chi connectivity index (χ0v) is 8.83. The lowest BCUT2D eigenvalue weighted by Gasteiger charge is -1.96. The van der Waals surface area contributed by atoms with Crippen molar-refractivity contribution in [3.63, 3.8) is 0 Å². The van der Waals surface area contributed by atoms with Crippen molar-refractivity contribution in [1.29, 1.82) is 0 Å². The number of H-pyrrole nitrogens is 1. The summed E-state index contributed by atoms with van der Waals surface area (Å²) < 4.78 is 4.92. The van der Waals surface area contributed by atoms with Crippen molar-refractivity contribution >= 4 is 16.9 Å². The first-order chi connectivity index (χ1) is 7.20. The van der Waals surface area contributed by atoms with Gasteiger partial charge in [-0.3, -0.25) is 0 Å². The molecule has 0 saturated carbocycles. The van der Waals surface area contributed by atoms with Crippen LogP contribution < -0.4 is 0 Å². The van der Waals surface area contributed by atoms with E-state index in [1.807, 2.05) is 31.2 Å². The van der Waals surface area contributed by atoms with E-state index in [9.17, 15) is 4.79 Å². The number of carbonyl (C=O) groups is 1. The number of esters is 1. The Labute approximate surface area is 88.1 Å². The number of aromatic nitrogens is 1. The van der Waals surface area contributed by atoms with Crippen LogP contribution in [0.4, 0.5) is 0 Å². The molecule has 3 heteroatoms. The van der Waals surface area contributed by atoms with Gasteiger partial charge in [0.2, 0.25) is 0 Å². The molecule has 0 radical (unpaired) electrons. The second-order valence-electron chi connectivity index (χ2n) is 3.49. The molecule has 1 aromatic heterocycles. The van der Waals surface area contributed by atoms with Crippen LogP contribution in [0.25, 0.3) is 10.9 Å². The van der Waals surface area contributed by atoms with Crippen molar-refractivity contribution in [3.8, 4) is 0 Å². The number of rotatable bonds is 2. The molecule has 0 aliphatic rings. The van der Waals surface area contributed by atoms with Gasteiger partial charge in [0.05, 0.1) is 6.61 Å². The average Bonchev–Trinajstić information content (AvgIpc) is 2.60. The lowest BCUT2D eigenvalue weighted by Crippen LogP contribution is -2.04. The molecule has 2 rings (SSSR count). The Morgan fingerprint density at radius 3 is 2.93 bits per heavy atom. The number of benzene rings is 1. The molecule has 3 nitrogen and oxygen atoms in total. The van der Waals surface area contributed by atoms with E-state index in [1.165, 1.54) is 5.56 Å². The molecule has 78 valence electrons. The van der Waals surface area contributed by atoms with E-state index in [0.717, 1.165) is 10.9 Å². The fraction of sp³-hybridized carbons (Fsp3) is 0.250. The predicted molar refractivity (Wildman–Crippen MR) is 59.0 cm³/mol. The predicted octanol–water partition coefficient (Wildman–Crippen LogP) is 2.65. The lowest BCUT2D eigenvalue weighted by atomic mass is 10.2. The summed E-state index contributed by atoms with van der Waals surface area (Å²) in [5, 5.41) is 1.03. The van der Waals surface area contributed by atoms with Crippen LogP contribution in [0, 0.1) is 6.92 Å². The van der Waals surface area contributed by atoms with Crippen LogP contribution in [-0.4, -0.2) is 17.6 Å². The summed E-state index contributed by atoms with van der Waals surface area (Å²) in [6, 6.07) is 7.83. The summed E-state index contributed by atoms with van der Waals surface area (Å²) in [7, 11) is 0. The first kappa shape index (κ1) is 9.77. The summed E-state index contributed by atoms with van der Waals surface area (Å²) in [6.07, 6.45) is 0. The molecule has 1 aromatic carbocycles. The maximum Gasteiger partial charge on any atom is 0.354 e. The highest BCUT2D eigenvalue weighted by Gasteiger charge is 2.09. The van der Waals surface area contributed by atoms with Crippen LogP contribution in [0.2, 0.25) is 0 Å². The summed E-state index contributed by atoms with van der Waals surface area (Å²) in [5.74, 6) is -0.300. The summed E-state index contributed by atoms with van der Waals surface area (Å²) in [5.41, 5.74) is 2.65. The van der Waals surface area contributed by atoms with Gasteiger partial charge >= 0.3 is 5.97 Å². The molecule has 0 fully saturated rings. The van der Waals surface area contributed by atoms with E-state index in [1.54, 1.807) is 6.92 Å². The maximum absolute atomic E-state index is 11.4. The highest BCUT2D eigenvalue weighted by molar-refractivity contribution is 5.94. The standard InChI is InChI=1S/C12H13NO2/c1-3-15-12(14)11-7-9-5-4-8(2)6-10(9)13-11/h4-7,13H,3H2,1-2H3. The molecule has 1 heterocycles. The van der Waals surface area contributed by atoms with E-state index in [0.29, 0.717) is 12.3 Å². The van der Waals surface area contributed by atoms with E-state index >= 15 is 0 Å². The van der Waals surface area contributed by atoms with Crippen LogP contribution in [0.5, 0.6) is 0 Å². The lowest BCUT2D eigenvalue weighted by molar-refractivity contribution is 0.0520. The molecule has 0 aliphatic carbocycles. The Morgan fingerprint density at radius 1 is 1.40 bits per heavy atom. The summed E-state index contributed by atoms with van der Waals surface area (Å²) in [6.45, 7) is 4.21. The van der Waals surface area contributed by atoms with Gasteiger partial charge in [0, 0.05) is 10.9 Å². The van der Waals surface area contributed by atoms with Gasteiger partial charge in [-0.05, 0) is 31.5 Å². The monoisotopic (exact) mass is 203 g/mol. The number of carbonyl (C=O) groups excluding carboxylic acids is 1. The van der Waals surface area contributed by atoms with E-state index in [4.69, 9.17) is 4.74 Å². The third kappa shape index (κ3) is 1.86. The van der Waals surface area contributed by atoms with Crippen molar-refractivity contribution in [3.05, 3.63) is 35.5 Å². The molecular formula is C12H13NO2. The number of nitrogens with one attached hydrogen (secondary N) is 1. The second kappa shape index (κ2) is 3.77. The van der Waals surface area contributed by atoms with E-state index in [-0.39, 0.29) is 5.97 Å². The molecular weight excluding hydrogens is 190 g/mol. The largest absolute Gasteiger partial charge is 0.461 e. The topological polar surface area (TPSA) is 42.1 Å². The molecule has 0 aliphatic heterocycles. The Hall–Kier alpha value is -1.77. The molecule has 15 heavy (non-hydrogen) atoms. The molecule has 0 saturated heterocycles. The molecule has 0 unspecified atom stereocenters. The zero-order chi connectivity index (χ0) is 10.8. The molecule has 1 N–H and O–H groups in total. The van der Waals surface area contributed by atoms with Crippen molar-refractivity contribution in [2.45, 2.75) is 13.8 Å². The van der Waals surface area contributed by atoms with Crippen molar-refractivity contribution in [2.24, 2.45) is 0 Å². The highest BCUT2D eigenvalue weighted by atomic mass is 16.5. The number of aryl methyl sites for hydroxylation is 1. The first-order valence-electron chi connectivity index (χ1n) is 4.97. The van der Waals surface area contributed by atoms with Gasteiger partial charge in [0.1, 0.15) is 5.69 Å². The summed E-state index contributed by atoms with van der Waals surface area (Å²) in [4.78, 5) is 14.5. The van der Waals surface area contributed by atoms with Crippen LogP contribution in [0.3, 0.4) is 0 Å². The SMILES string of the molecule is CCOC(=O)c1cc2ccc(C)cc2[nH]1. The minimum atomic E-state index is -0.300. The summed E-state index contributed by atoms with van der Waals surface area (Å²) >= 11 is 0. The number of hydrogen-bond donors (Lipinski definition) is 1. The molecule has 0 spiro atoms. The van der Waals surface area contributed by atoms with Crippen LogP contribution in [0.1, 0.15) is 23.0 Å². The van der Waals surface area contributed by atoms with E-state index < -0.39 is 0 Å². The molecule has 2 aromatic rings. The third-order valence-corrected chi connectivity index (χ3v) is 2.27. The van der Waals surface area contributed by atoms with Crippen molar-refractivity contribution < 1.29 is 9.53 Å². The molecule has 0 amide bonds. The fourth-order valence-electron chi connectivity index (χ4n) is 1.56. The van der Waals surface area contributed by atoms with Crippen LogP contribution >= 0.6 is 0 Å². The van der Waals surface area contributed by atoms with Gasteiger partial charge < -0.3 is 9.72 Å². The fourth-order valence-corrected chi connectivity index (χ4v) is 1.56. The smallest absolute Gasteiger partial charge is 0.354 e. The number of aromatic amines is 1. The number of hydrogen-bond acceptors (Lipinski definition) is 2. The van der Waals surface area contributed by atoms with Gasteiger partial charge in [0.15, 0.2) is 0 Å². The van der Waals surface area contributed by atoms with Gasteiger partial charge in [0.25, 0.3) is 0 Å². The van der Waals surface area contributed by atoms with Gasteiger partial charge in [-0.25, -0.2) is 4.79 Å². The van der Waals surface area contributed by atoms with Gasteiger partial charge in [-0.15, -0.1) is 0 Å². The zero-order valence-electron chi connectivity index (χ0n) is 8.83. The number of fused-ring (bicyclic) bond motifs is 1. The highest BCUT2D eigenvalue weighted by Crippen LogP contribution is 2.17. The van der Waals surface area contributed by atoms with Crippen molar-refractivity contribution in [2.75, 3.05) is 6.61 Å². The number of ether oxygens (including phenoxy) is 1. The van der Waals surface area contributed by atoms with Crippen LogP contribution in [-0.2, 0) is 4.74 Å². The third-order valence-electron chi connectivity index (χ3n) is 2.27. The average molecular weight is 203 g/mol. The normalized spacial score (nSPS) is 10.5. The molecule has 0 atom stereocenters. The first-order valence-corrected chi connectivity index (χ1v) is 4.97. The van der Waals surface area contributed by atoms with Gasteiger partial charge in [-0.2, -0.15) is 0 Å².